The van der Waals surface area contributed by atoms with E-state index in [2.05, 4.69) is 98.9 Å². The van der Waals surface area contributed by atoms with Crippen LogP contribution in [0, 0.1) is 0 Å². The van der Waals surface area contributed by atoms with Gasteiger partial charge in [-0.3, -0.25) is 8.80 Å². The van der Waals surface area contributed by atoms with E-state index in [1.165, 1.54) is 11.1 Å². The van der Waals surface area contributed by atoms with Gasteiger partial charge in [-0.05, 0) is 70.5 Å². The summed E-state index contributed by atoms with van der Waals surface area (Å²) in [4.78, 5) is 0. The summed E-state index contributed by atoms with van der Waals surface area (Å²) in [5, 5.41) is 0. The molecule has 0 saturated carbocycles. The highest BCUT2D eigenvalue weighted by atomic mass is 16.4. The maximum Gasteiger partial charge on any atom is 0.200 e. The van der Waals surface area contributed by atoms with Crippen LogP contribution in [0.25, 0.3) is 77.8 Å². The number of fused-ring (bicyclic) bond motifs is 10. The molecule has 4 heterocycles. The second-order valence-corrected chi connectivity index (χ2v) is 13.9. The van der Waals surface area contributed by atoms with Crippen molar-refractivity contribution >= 4 is 77.8 Å². The van der Waals surface area contributed by atoms with Crippen LogP contribution in [0.15, 0.2) is 103 Å². The molecule has 6 heteroatoms. The molecule has 5 aromatic carbocycles. The molecular formula is C38H32N2O4. The zero-order valence-electron chi connectivity index (χ0n) is 25.6. The van der Waals surface area contributed by atoms with E-state index < -0.39 is 0 Å². The Labute approximate surface area is 252 Å². The van der Waals surface area contributed by atoms with Gasteiger partial charge in [0.15, 0.2) is 44.7 Å². The minimum atomic E-state index is -0.0490. The molecule has 9 aromatic rings. The van der Waals surface area contributed by atoms with Crippen LogP contribution in [0.3, 0.4) is 0 Å². The third-order valence-electron chi connectivity index (χ3n) is 8.91. The van der Waals surface area contributed by atoms with Crippen molar-refractivity contribution in [1.82, 2.24) is 8.80 Å². The molecule has 0 fully saturated rings. The highest BCUT2D eigenvalue weighted by Crippen LogP contribution is 2.43. The smallest absolute Gasteiger partial charge is 0.200 e. The van der Waals surface area contributed by atoms with Crippen molar-refractivity contribution in [3.63, 3.8) is 0 Å². The molecule has 6 nitrogen and oxygen atoms in total. The summed E-state index contributed by atoms with van der Waals surface area (Å²) in [5.41, 5.74) is 13.0. The number of rotatable bonds is 0. The first-order chi connectivity index (χ1) is 21.1. The lowest BCUT2D eigenvalue weighted by atomic mass is 9.87. The highest BCUT2D eigenvalue weighted by molar-refractivity contribution is 6.20. The molecule has 0 bridgehead atoms. The van der Waals surface area contributed by atoms with E-state index in [4.69, 9.17) is 17.7 Å². The van der Waals surface area contributed by atoms with Crippen molar-refractivity contribution in [2.24, 2.45) is 0 Å². The van der Waals surface area contributed by atoms with E-state index in [9.17, 15) is 0 Å². The van der Waals surface area contributed by atoms with Crippen LogP contribution >= 0.6 is 0 Å². The maximum atomic E-state index is 6.88. The fraction of sp³-hybridized carbons (Fsp3) is 0.211. The second-order valence-electron chi connectivity index (χ2n) is 13.9. The van der Waals surface area contributed by atoms with Gasteiger partial charge in [0.2, 0.25) is 0 Å². The van der Waals surface area contributed by atoms with Gasteiger partial charge in [0.1, 0.15) is 11.0 Å². The number of nitrogens with zero attached hydrogens (tertiary/aromatic N) is 2. The zero-order chi connectivity index (χ0) is 30.1. The first kappa shape index (κ1) is 25.4. The summed E-state index contributed by atoms with van der Waals surface area (Å²) in [6, 6.07) is 29.2. The van der Waals surface area contributed by atoms with Gasteiger partial charge in [0.05, 0.1) is 22.1 Å². The van der Waals surface area contributed by atoms with Gasteiger partial charge in [-0.2, -0.15) is 0 Å². The highest BCUT2D eigenvalue weighted by Gasteiger charge is 2.27. The van der Waals surface area contributed by atoms with E-state index in [-0.39, 0.29) is 10.8 Å². The number of hydrogen-bond donors (Lipinski definition) is 0. The number of hydrogen-bond acceptors (Lipinski definition) is 4. The zero-order valence-corrected chi connectivity index (χ0v) is 25.6. The molecule has 0 aliphatic rings. The Bertz CT molecular complexity index is 2500. The minimum absolute atomic E-state index is 0.0490. The van der Waals surface area contributed by atoms with Crippen LogP contribution in [-0.2, 0) is 10.8 Å². The standard InChI is InChI=1S/C38H32N2O4/c1-37(2,3)21-15-17-25-29(19-21)43-35-31-34(42-27-13-9-7-11-23(27)39(25)31)36-32-33(35)41-28-14-10-8-12-24(28)40(32)26-18-16-22(38(4,5)6)20-30(26)44-36/h7-20H,1-6H3. The average molecular weight is 581 g/mol. The molecule has 0 unspecified atom stereocenters. The fourth-order valence-corrected chi connectivity index (χ4v) is 6.55. The quantitative estimate of drug-likeness (QED) is 0.132. The Morgan fingerprint density at radius 2 is 0.750 bits per heavy atom. The first-order valence-electron chi connectivity index (χ1n) is 15.1. The Morgan fingerprint density at radius 1 is 0.409 bits per heavy atom. The van der Waals surface area contributed by atoms with Crippen LogP contribution in [0.1, 0.15) is 52.7 Å². The van der Waals surface area contributed by atoms with Crippen molar-refractivity contribution in [3.05, 3.63) is 96.1 Å². The van der Waals surface area contributed by atoms with Crippen LogP contribution < -0.4 is 0 Å². The number of benzene rings is 5. The monoisotopic (exact) mass is 580 g/mol. The first-order valence-corrected chi connectivity index (χ1v) is 15.1. The molecule has 9 rings (SSSR count). The van der Waals surface area contributed by atoms with E-state index in [1.54, 1.807) is 0 Å². The molecule has 0 saturated heterocycles. The molecule has 0 atom stereocenters. The molecule has 0 amide bonds. The summed E-state index contributed by atoms with van der Waals surface area (Å²) in [5.74, 6) is 0. The molecule has 44 heavy (non-hydrogen) atoms. The Hall–Kier alpha value is -5.10. The Balaban J connectivity index is 1.63. The maximum absolute atomic E-state index is 6.88. The third-order valence-corrected chi connectivity index (χ3v) is 8.91. The molecule has 0 spiro atoms. The Morgan fingerprint density at radius 3 is 1.14 bits per heavy atom. The van der Waals surface area contributed by atoms with Gasteiger partial charge in [0.25, 0.3) is 0 Å². The molecule has 0 aliphatic heterocycles. The van der Waals surface area contributed by atoms with Crippen LogP contribution in [0.2, 0.25) is 0 Å². The van der Waals surface area contributed by atoms with Crippen molar-refractivity contribution in [1.29, 1.82) is 0 Å². The van der Waals surface area contributed by atoms with Crippen LogP contribution in [0.5, 0.6) is 0 Å². The van der Waals surface area contributed by atoms with Crippen molar-refractivity contribution < 1.29 is 17.7 Å². The second kappa shape index (κ2) is 8.29. The SMILES string of the molecule is CC(C)(C)c1ccc2c(c1)oc1c3oc4ccccc4n4c5ccc(C(C)(C)C)cc5oc(c5oc6ccccc6n2c51)c34. The molecule has 218 valence electrons. The van der Waals surface area contributed by atoms with Crippen molar-refractivity contribution in [2.75, 3.05) is 0 Å². The van der Waals surface area contributed by atoms with E-state index in [1.807, 2.05) is 36.4 Å². The number of para-hydroxylation sites is 4. The molecule has 0 aliphatic carbocycles. The fourth-order valence-electron chi connectivity index (χ4n) is 6.55. The van der Waals surface area contributed by atoms with Gasteiger partial charge in [0, 0.05) is 0 Å². The van der Waals surface area contributed by atoms with Crippen LogP contribution in [-0.4, -0.2) is 8.80 Å². The summed E-state index contributed by atoms with van der Waals surface area (Å²) in [6.45, 7) is 13.3. The van der Waals surface area contributed by atoms with E-state index in [0.717, 1.165) is 55.4 Å². The van der Waals surface area contributed by atoms with Gasteiger partial charge in [-0.1, -0.05) is 77.9 Å². The molecule has 0 radical (unpaired) electrons. The molecule has 0 N–H and O–H groups in total. The van der Waals surface area contributed by atoms with Crippen LogP contribution in [0.4, 0.5) is 0 Å². The van der Waals surface area contributed by atoms with Crippen molar-refractivity contribution in [3.8, 4) is 0 Å². The molecule has 4 aromatic heterocycles. The van der Waals surface area contributed by atoms with Gasteiger partial charge in [-0.25, -0.2) is 0 Å². The lowest BCUT2D eigenvalue weighted by Crippen LogP contribution is -2.11. The predicted molar refractivity (Wildman–Crippen MR) is 177 cm³/mol. The summed E-state index contributed by atoms with van der Waals surface area (Å²) in [6.07, 6.45) is 0. The molecular weight excluding hydrogens is 548 g/mol. The largest absolute Gasteiger partial charge is 0.449 e. The lowest BCUT2D eigenvalue weighted by Gasteiger charge is -2.22. The predicted octanol–water partition coefficient (Wildman–Crippen LogP) is 11.2. The van der Waals surface area contributed by atoms with Gasteiger partial charge in [-0.15, -0.1) is 0 Å². The van der Waals surface area contributed by atoms with Gasteiger partial charge >= 0.3 is 0 Å². The summed E-state index contributed by atoms with van der Waals surface area (Å²) in [7, 11) is 0. The lowest BCUT2D eigenvalue weighted by molar-refractivity contribution is 0.580. The van der Waals surface area contributed by atoms with Crippen molar-refractivity contribution in [2.45, 2.75) is 52.4 Å². The van der Waals surface area contributed by atoms with E-state index >= 15 is 0 Å². The topological polar surface area (TPSA) is 61.4 Å². The minimum Gasteiger partial charge on any atom is -0.449 e. The third kappa shape index (κ3) is 3.36. The van der Waals surface area contributed by atoms with E-state index in [0.29, 0.717) is 22.3 Å². The van der Waals surface area contributed by atoms with Gasteiger partial charge < -0.3 is 17.7 Å². The normalized spacial score (nSPS) is 13.2. The Kier molecular flexibility index (Phi) is 4.79. The summed E-state index contributed by atoms with van der Waals surface area (Å²) < 4.78 is 31.7. The number of aromatic nitrogens is 2. The average Bonchev–Trinajstić information content (AvgIpc) is 3.01. The summed E-state index contributed by atoms with van der Waals surface area (Å²) >= 11 is 0.